The third kappa shape index (κ3) is 5.42. The van der Waals surface area contributed by atoms with Gasteiger partial charge in [0.1, 0.15) is 0 Å². The second-order valence-corrected chi connectivity index (χ2v) is 7.53. The smallest absolute Gasteiger partial charge is 0.321 e. The Morgan fingerprint density at radius 1 is 1.14 bits per heavy atom. The molecular formula is C23H29N3O2. The van der Waals surface area contributed by atoms with Gasteiger partial charge in [-0.1, -0.05) is 42.5 Å². The van der Waals surface area contributed by atoms with Crippen LogP contribution in [0.3, 0.4) is 0 Å². The third-order valence-corrected chi connectivity index (χ3v) is 5.42. The molecule has 1 aliphatic rings. The van der Waals surface area contributed by atoms with Gasteiger partial charge >= 0.3 is 6.03 Å². The summed E-state index contributed by atoms with van der Waals surface area (Å²) in [5.41, 5.74) is 2.61. The van der Waals surface area contributed by atoms with Crippen molar-refractivity contribution in [3.63, 3.8) is 0 Å². The van der Waals surface area contributed by atoms with E-state index < -0.39 is 0 Å². The van der Waals surface area contributed by atoms with Crippen LogP contribution in [-0.4, -0.2) is 54.3 Å². The van der Waals surface area contributed by atoms with Gasteiger partial charge in [0.2, 0.25) is 0 Å². The lowest BCUT2D eigenvalue weighted by atomic mass is 10.0. The fourth-order valence-electron chi connectivity index (χ4n) is 3.65. The maximum atomic E-state index is 12.7. The highest BCUT2D eigenvalue weighted by molar-refractivity contribution is 5.96. The van der Waals surface area contributed by atoms with Gasteiger partial charge in [0, 0.05) is 36.9 Å². The van der Waals surface area contributed by atoms with Crippen molar-refractivity contribution in [3.8, 4) is 0 Å². The Morgan fingerprint density at radius 3 is 2.68 bits per heavy atom. The summed E-state index contributed by atoms with van der Waals surface area (Å²) >= 11 is 0. The Balaban J connectivity index is 1.54. The molecule has 148 valence electrons. The molecule has 1 atom stereocenters. The predicted molar refractivity (Wildman–Crippen MR) is 113 cm³/mol. The molecule has 0 spiro atoms. The van der Waals surface area contributed by atoms with Gasteiger partial charge in [-0.25, -0.2) is 4.79 Å². The van der Waals surface area contributed by atoms with Crippen LogP contribution in [0.15, 0.2) is 54.6 Å². The van der Waals surface area contributed by atoms with E-state index in [1.165, 1.54) is 12.5 Å². The van der Waals surface area contributed by atoms with Crippen molar-refractivity contribution >= 4 is 17.5 Å². The Bertz CT molecular complexity index is 807. The Hall–Kier alpha value is -2.66. The molecule has 0 aliphatic carbocycles. The van der Waals surface area contributed by atoms with Gasteiger partial charge in [-0.15, -0.1) is 0 Å². The number of Topliss-reactive ketones (excluding diaryl/α,β-unsaturated/α-hetero) is 1. The van der Waals surface area contributed by atoms with Crippen molar-refractivity contribution in [3.05, 3.63) is 65.7 Å². The average Bonchev–Trinajstić information content (AvgIpc) is 2.73. The van der Waals surface area contributed by atoms with E-state index in [1.807, 2.05) is 17.0 Å². The second kappa shape index (κ2) is 9.51. The van der Waals surface area contributed by atoms with E-state index in [2.05, 4.69) is 41.5 Å². The van der Waals surface area contributed by atoms with E-state index in [4.69, 9.17) is 0 Å². The van der Waals surface area contributed by atoms with E-state index in [9.17, 15) is 9.59 Å². The molecule has 5 nitrogen and oxygen atoms in total. The summed E-state index contributed by atoms with van der Waals surface area (Å²) in [4.78, 5) is 28.5. The quantitative estimate of drug-likeness (QED) is 0.770. The predicted octanol–water partition coefficient (Wildman–Crippen LogP) is 4.06. The Kier molecular flexibility index (Phi) is 6.82. The fourth-order valence-corrected chi connectivity index (χ4v) is 3.65. The summed E-state index contributed by atoms with van der Waals surface area (Å²) in [6.45, 7) is 4.00. The fraction of sp³-hybridized carbons (Fsp3) is 0.391. The topological polar surface area (TPSA) is 52.7 Å². The van der Waals surface area contributed by atoms with Crippen molar-refractivity contribution in [2.24, 2.45) is 0 Å². The number of likely N-dealkylation sites (tertiary alicyclic amines) is 1. The number of benzene rings is 2. The molecule has 2 amide bonds. The average molecular weight is 380 g/mol. The van der Waals surface area contributed by atoms with Gasteiger partial charge < -0.3 is 15.1 Å². The maximum absolute atomic E-state index is 12.7. The van der Waals surface area contributed by atoms with Crippen LogP contribution in [0.4, 0.5) is 10.5 Å². The first-order chi connectivity index (χ1) is 13.5. The number of carbonyl (C=O) groups excluding carboxylic acids is 2. The van der Waals surface area contributed by atoms with Crippen molar-refractivity contribution in [1.29, 1.82) is 0 Å². The zero-order valence-corrected chi connectivity index (χ0v) is 16.7. The molecule has 0 unspecified atom stereocenters. The van der Waals surface area contributed by atoms with Crippen molar-refractivity contribution in [2.75, 3.05) is 32.0 Å². The summed E-state index contributed by atoms with van der Waals surface area (Å²) in [6.07, 6.45) is 3.12. The number of rotatable bonds is 6. The van der Waals surface area contributed by atoms with Crippen LogP contribution < -0.4 is 5.32 Å². The number of ketones is 1. The highest BCUT2D eigenvalue weighted by Gasteiger charge is 2.26. The number of urea groups is 1. The van der Waals surface area contributed by atoms with Crippen LogP contribution in [0.5, 0.6) is 0 Å². The summed E-state index contributed by atoms with van der Waals surface area (Å²) < 4.78 is 0. The number of likely N-dealkylation sites (N-methyl/N-ethyl adjacent to an activating group) is 1. The van der Waals surface area contributed by atoms with Crippen LogP contribution in [0.1, 0.15) is 35.7 Å². The zero-order chi connectivity index (χ0) is 19.9. The number of hydrogen-bond donors (Lipinski definition) is 1. The third-order valence-electron chi connectivity index (χ3n) is 5.42. The van der Waals surface area contributed by atoms with Crippen LogP contribution in [-0.2, 0) is 6.42 Å². The Labute approximate surface area is 167 Å². The first kappa shape index (κ1) is 20.1. The lowest BCUT2D eigenvalue weighted by Gasteiger charge is -2.37. The molecule has 28 heavy (non-hydrogen) atoms. The number of anilines is 1. The molecule has 3 rings (SSSR count). The maximum Gasteiger partial charge on any atom is 0.321 e. The zero-order valence-electron chi connectivity index (χ0n) is 16.7. The molecule has 1 heterocycles. The number of nitrogens with one attached hydrogen (secondary N) is 1. The van der Waals surface area contributed by atoms with Gasteiger partial charge in [-0.05, 0) is 50.9 Å². The van der Waals surface area contributed by atoms with Crippen LogP contribution in [0.2, 0.25) is 0 Å². The molecule has 1 N–H and O–H groups in total. The van der Waals surface area contributed by atoms with Gasteiger partial charge in [-0.3, -0.25) is 4.79 Å². The van der Waals surface area contributed by atoms with E-state index in [-0.39, 0.29) is 11.8 Å². The normalized spacial score (nSPS) is 16.8. The Morgan fingerprint density at radius 2 is 1.93 bits per heavy atom. The standard InChI is InChI=1S/C23H29N3O2/c1-18(27)20-10-6-11-21(16-20)24-23(28)26-14-7-12-22(17-26)25(2)15-13-19-8-4-3-5-9-19/h3-6,8-11,16,22H,7,12-15,17H2,1-2H3,(H,24,28)/t22-/m1/s1. The minimum absolute atomic E-state index is 0.00539. The summed E-state index contributed by atoms with van der Waals surface area (Å²) in [7, 11) is 2.14. The lowest BCUT2D eigenvalue weighted by molar-refractivity contribution is 0.101. The number of hydrogen-bond acceptors (Lipinski definition) is 3. The number of carbonyl (C=O) groups is 2. The van der Waals surface area contributed by atoms with Crippen molar-refractivity contribution in [1.82, 2.24) is 9.80 Å². The van der Waals surface area contributed by atoms with E-state index in [0.29, 0.717) is 17.3 Å². The highest BCUT2D eigenvalue weighted by atomic mass is 16.2. The minimum Gasteiger partial charge on any atom is -0.323 e. The summed E-state index contributed by atoms with van der Waals surface area (Å²) in [6, 6.07) is 17.9. The first-order valence-corrected chi connectivity index (χ1v) is 9.94. The molecule has 5 heteroatoms. The summed E-state index contributed by atoms with van der Waals surface area (Å²) in [5.74, 6) is -0.00539. The van der Waals surface area contributed by atoms with Crippen LogP contribution in [0.25, 0.3) is 0 Å². The molecule has 2 aromatic rings. The first-order valence-electron chi connectivity index (χ1n) is 9.94. The monoisotopic (exact) mass is 379 g/mol. The lowest BCUT2D eigenvalue weighted by Crippen LogP contribution is -2.50. The van der Waals surface area contributed by atoms with Crippen LogP contribution >= 0.6 is 0 Å². The van der Waals surface area contributed by atoms with Gasteiger partial charge in [0.05, 0.1) is 0 Å². The molecule has 0 aromatic heterocycles. The largest absolute Gasteiger partial charge is 0.323 e. The van der Waals surface area contributed by atoms with Crippen molar-refractivity contribution in [2.45, 2.75) is 32.2 Å². The molecule has 1 saturated heterocycles. The molecular weight excluding hydrogens is 350 g/mol. The van der Waals surface area contributed by atoms with Crippen molar-refractivity contribution < 1.29 is 9.59 Å². The number of piperidine rings is 1. The van der Waals surface area contributed by atoms with Gasteiger partial charge in [-0.2, -0.15) is 0 Å². The SMILES string of the molecule is CC(=O)c1cccc(NC(=O)N2CCC[C@@H](N(C)CCc3ccccc3)C2)c1. The van der Waals surface area contributed by atoms with Gasteiger partial charge in [0.25, 0.3) is 0 Å². The van der Waals surface area contributed by atoms with E-state index in [0.717, 1.165) is 38.9 Å². The molecule has 1 aliphatic heterocycles. The molecule has 0 bridgehead atoms. The van der Waals surface area contributed by atoms with Crippen LogP contribution in [0, 0.1) is 0 Å². The minimum atomic E-state index is -0.0955. The number of amides is 2. The highest BCUT2D eigenvalue weighted by Crippen LogP contribution is 2.18. The number of nitrogens with zero attached hydrogens (tertiary/aromatic N) is 2. The van der Waals surface area contributed by atoms with E-state index >= 15 is 0 Å². The summed E-state index contributed by atoms with van der Waals surface area (Å²) in [5, 5.41) is 2.94. The molecule has 0 saturated carbocycles. The second-order valence-electron chi connectivity index (χ2n) is 7.53. The van der Waals surface area contributed by atoms with E-state index in [1.54, 1.807) is 18.2 Å². The molecule has 1 fully saturated rings. The van der Waals surface area contributed by atoms with Gasteiger partial charge in [0.15, 0.2) is 5.78 Å². The molecule has 0 radical (unpaired) electrons. The molecule has 2 aromatic carbocycles.